The van der Waals surface area contributed by atoms with E-state index in [0.29, 0.717) is 12.5 Å². The Kier molecular flexibility index (Phi) is 2.75. The number of aromatic nitrogens is 4. The van der Waals surface area contributed by atoms with Crippen LogP contribution in [-0.2, 0) is 6.54 Å². The Bertz CT molecular complexity index is 834. The Morgan fingerprint density at radius 3 is 3.00 bits per heavy atom. The summed E-state index contributed by atoms with van der Waals surface area (Å²) in [7, 11) is 0. The Hall–Kier alpha value is -2.28. The molecule has 0 radical (unpaired) electrons. The van der Waals surface area contributed by atoms with Crippen molar-refractivity contribution in [1.29, 1.82) is 0 Å². The molecule has 0 bridgehead atoms. The summed E-state index contributed by atoms with van der Waals surface area (Å²) < 4.78 is 1.54. The molecule has 6 nitrogen and oxygen atoms in total. The van der Waals surface area contributed by atoms with E-state index in [1.807, 2.05) is 6.20 Å². The van der Waals surface area contributed by atoms with Gasteiger partial charge in [0.25, 0.3) is 0 Å². The third-order valence-corrected chi connectivity index (χ3v) is 4.61. The van der Waals surface area contributed by atoms with E-state index in [2.05, 4.69) is 27.4 Å². The highest BCUT2D eigenvalue weighted by atomic mass is 32.1. The molecule has 3 heterocycles. The van der Waals surface area contributed by atoms with Gasteiger partial charge < -0.3 is 5.11 Å². The van der Waals surface area contributed by atoms with Crippen molar-refractivity contribution in [3.63, 3.8) is 0 Å². The zero-order valence-corrected chi connectivity index (χ0v) is 11.9. The first kappa shape index (κ1) is 12.5. The first-order chi connectivity index (χ1) is 10.2. The highest BCUT2D eigenvalue weighted by Gasteiger charge is 2.24. The van der Waals surface area contributed by atoms with Gasteiger partial charge in [0, 0.05) is 16.5 Å². The lowest BCUT2D eigenvalue weighted by molar-refractivity contribution is 0.0690. The standard InChI is InChI=1S/C14H12N4O2S/c19-14(20)12-7-18(17-16-12)6-11-4-9-3-10(8-1-2-8)5-15-13(9)21-11/h3-5,7-8H,1-2,6H2,(H,19,20). The fraction of sp³-hybridized carbons (Fsp3) is 0.286. The monoisotopic (exact) mass is 300 g/mol. The average molecular weight is 300 g/mol. The Morgan fingerprint density at radius 1 is 1.43 bits per heavy atom. The van der Waals surface area contributed by atoms with Crippen molar-refractivity contribution in [2.75, 3.05) is 0 Å². The quantitative estimate of drug-likeness (QED) is 0.800. The van der Waals surface area contributed by atoms with Crippen LogP contribution in [-0.4, -0.2) is 31.1 Å². The zero-order valence-electron chi connectivity index (χ0n) is 11.1. The van der Waals surface area contributed by atoms with Crippen molar-refractivity contribution in [2.45, 2.75) is 25.3 Å². The van der Waals surface area contributed by atoms with Gasteiger partial charge in [0.05, 0.1) is 12.7 Å². The molecule has 0 saturated heterocycles. The van der Waals surface area contributed by atoms with Crippen LogP contribution in [0.15, 0.2) is 24.5 Å². The molecular formula is C14H12N4O2S. The minimum atomic E-state index is -1.06. The molecule has 0 aliphatic heterocycles. The molecule has 0 unspecified atom stereocenters. The van der Waals surface area contributed by atoms with Gasteiger partial charge >= 0.3 is 5.97 Å². The third kappa shape index (κ3) is 2.40. The molecule has 106 valence electrons. The number of thiophene rings is 1. The van der Waals surface area contributed by atoms with Gasteiger partial charge in [-0.25, -0.2) is 14.5 Å². The maximum Gasteiger partial charge on any atom is 0.358 e. The van der Waals surface area contributed by atoms with Crippen LogP contribution in [0.1, 0.15) is 39.7 Å². The molecule has 3 aromatic rings. The van der Waals surface area contributed by atoms with E-state index < -0.39 is 5.97 Å². The molecule has 4 rings (SSSR count). The fourth-order valence-electron chi connectivity index (χ4n) is 2.35. The molecule has 0 aromatic carbocycles. The van der Waals surface area contributed by atoms with E-state index in [0.717, 1.165) is 15.1 Å². The Morgan fingerprint density at radius 2 is 2.29 bits per heavy atom. The molecular weight excluding hydrogens is 288 g/mol. The van der Waals surface area contributed by atoms with Gasteiger partial charge in [-0.05, 0) is 36.5 Å². The smallest absolute Gasteiger partial charge is 0.358 e. The largest absolute Gasteiger partial charge is 0.476 e. The van der Waals surface area contributed by atoms with Crippen LogP contribution in [0.5, 0.6) is 0 Å². The van der Waals surface area contributed by atoms with Gasteiger partial charge in [0.15, 0.2) is 5.69 Å². The molecule has 1 aliphatic carbocycles. The topological polar surface area (TPSA) is 80.9 Å². The molecule has 1 N–H and O–H groups in total. The van der Waals surface area contributed by atoms with Crippen LogP contribution in [0.2, 0.25) is 0 Å². The molecule has 21 heavy (non-hydrogen) atoms. The maximum absolute atomic E-state index is 10.8. The van der Waals surface area contributed by atoms with Gasteiger partial charge in [-0.15, -0.1) is 16.4 Å². The van der Waals surface area contributed by atoms with Crippen molar-refractivity contribution in [3.8, 4) is 0 Å². The summed E-state index contributed by atoms with van der Waals surface area (Å²) in [6.45, 7) is 0.514. The summed E-state index contributed by atoms with van der Waals surface area (Å²) in [5.41, 5.74) is 1.28. The van der Waals surface area contributed by atoms with E-state index in [9.17, 15) is 4.79 Å². The number of pyridine rings is 1. The second kappa shape index (κ2) is 4.63. The molecule has 0 spiro atoms. The van der Waals surface area contributed by atoms with Gasteiger partial charge in [0.1, 0.15) is 4.83 Å². The highest BCUT2D eigenvalue weighted by Crippen LogP contribution is 2.41. The molecule has 1 aliphatic rings. The third-order valence-electron chi connectivity index (χ3n) is 3.57. The number of rotatable bonds is 4. The second-order valence-corrected chi connectivity index (χ2v) is 6.37. The molecule has 3 aromatic heterocycles. The van der Waals surface area contributed by atoms with Crippen LogP contribution in [0, 0.1) is 0 Å². The summed E-state index contributed by atoms with van der Waals surface area (Å²) in [6, 6.07) is 4.31. The minimum Gasteiger partial charge on any atom is -0.476 e. The van der Waals surface area contributed by atoms with Gasteiger partial charge in [-0.3, -0.25) is 0 Å². The lowest BCUT2D eigenvalue weighted by atomic mass is 10.1. The van der Waals surface area contributed by atoms with Gasteiger partial charge in [-0.1, -0.05) is 5.21 Å². The number of carbonyl (C=O) groups is 1. The first-order valence-corrected chi connectivity index (χ1v) is 7.52. The van der Waals surface area contributed by atoms with Crippen LogP contribution in [0.25, 0.3) is 10.2 Å². The van der Waals surface area contributed by atoms with Gasteiger partial charge in [-0.2, -0.15) is 0 Å². The summed E-state index contributed by atoms with van der Waals surface area (Å²) in [4.78, 5) is 17.4. The van der Waals surface area contributed by atoms with Gasteiger partial charge in [0.2, 0.25) is 0 Å². The Labute approximate surface area is 124 Å². The fourth-order valence-corrected chi connectivity index (χ4v) is 3.33. The number of carboxylic acids is 1. The normalized spacial score (nSPS) is 14.7. The highest BCUT2D eigenvalue weighted by molar-refractivity contribution is 7.18. The molecule has 0 amide bonds. The average Bonchev–Trinajstić information content (AvgIpc) is 3.07. The number of nitrogens with zero attached hydrogens (tertiary/aromatic N) is 4. The number of hydrogen-bond acceptors (Lipinski definition) is 5. The van der Waals surface area contributed by atoms with Crippen LogP contribution in [0.4, 0.5) is 0 Å². The summed E-state index contributed by atoms with van der Waals surface area (Å²) >= 11 is 1.60. The van der Waals surface area contributed by atoms with Crippen molar-refractivity contribution in [2.24, 2.45) is 0 Å². The van der Waals surface area contributed by atoms with E-state index in [1.54, 1.807) is 11.3 Å². The summed E-state index contributed by atoms with van der Waals surface area (Å²) in [5, 5.41) is 17.4. The van der Waals surface area contributed by atoms with Crippen molar-refractivity contribution in [3.05, 3.63) is 40.7 Å². The second-order valence-electron chi connectivity index (χ2n) is 5.26. The lowest BCUT2D eigenvalue weighted by Gasteiger charge is -1.95. The van der Waals surface area contributed by atoms with E-state index in [1.165, 1.54) is 29.3 Å². The van der Waals surface area contributed by atoms with E-state index >= 15 is 0 Å². The lowest BCUT2D eigenvalue weighted by Crippen LogP contribution is -1.98. The molecule has 1 fully saturated rings. The van der Waals surface area contributed by atoms with Crippen LogP contribution in [0.3, 0.4) is 0 Å². The van der Waals surface area contributed by atoms with E-state index in [4.69, 9.17) is 5.11 Å². The minimum absolute atomic E-state index is 0.0368. The van der Waals surface area contributed by atoms with Crippen molar-refractivity contribution in [1.82, 2.24) is 20.0 Å². The molecule has 7 heteroatoms. The zero-order chi connectivity index (χ0) is 14.4. The molecule has 1 saturated carbocycles. The first-order valence-electron chi connectivity index (χ1n) is 6.71. The van der Waals surface area contributed by atoms with E-state index in [-0.39, 0.29) is 5.69 Å². The summed E-state index contributed by atoms with van der Waals surface area (Å²) in [6.07, 6.45) is 5.94. The predicted octanol–water partition coefficient (Wildman–Crippen LogP) is 2.51. The van der Waals surface area contributed by atoms with Crippen LogP contribution >= 0.6 is 11.3 Å². The van der Waals surface area contributed by atoms with Crippen LogP contribution < -0.4 is 0 Å². The number of carboxylic acid groups (broad SMARTS) is 1. The van der Waals surface area contributed by atoms with Crippen molar-refractivity contribution >= 4 is 27.5 Å². The van der Waals surface area contributed by atoms with Crippen molar-refractivity contribution < 1.29 is 9.90 Å². The SMILES string of the molecule is O=C(O)c1cn(Cc2cc3cc(C4CC4)cnc3s2)nn1. The molecule has 0 atom stereocenters. The number of fused-ring (bicyclic) bond motifs is 1. The Balaban J connectivity index is 1.61. The number of aromatic carboxylic acids is 1. The predicted molar refractivity (Wildman–Crippen MR) is 77.7 cm³/mol. The summed E-state index contributed by atoms with van der Waals surface area (Å²) in [5.74, 6) is -0.368. The number of hydrogen-bond donors (Lipinski definition) is 1. The maximum atomic E-state index is 10.8.